The molecule has 0 aliphatic rings. The largest absolute Gasteiger partial charge is 0.459 e. The van der Waals surface area contributed by atoms with Crippen molar-refractivity contribution in [1.29, 1.82) is 0 Å². The van der Waals surface area contributed by atoms with Gasteiger partial charge in [-0.05, 0) is 48.9 Å². The number of benzene rings is 1. The van der Waals surface area contributed by atoms with Crippen molar-refractivity contribution in [3.8, 4) is 5.69 Å². The lowest BCUT2D eigenvalue weighted by Crippen LogP contribution is -2.26. The summed E-state index contributed by atoms with van der Waals surface area (Å²) in [4.78, 5) is 11.9. The quantitative estimate of drug-likeness (QED) is 0.794. The van der Waals surface area contributed by atoms with Gasteiger partial charge in [0.1, 0.15) is 0 Å². The van der Waals surface area contributed by atoms with Gasteiger partial charge < -0.3 is 14.3 Å². The molecule has 4 nitrogen and oxygen atoms in total. The molecule has 0 saturated carbocycles. The van der Waals surface area contributed by atoms with Gasteiger partial charge >= 0.3 is 0 Å². The van der Waals surface area contributed by atoms with Crippen LogP contribution < -0.4 is 5.32 Å². The molecule has 2 aromatic heterocycles. The lowest BCUT2D eigenvalue weighted by molar-refractivity contribution is 0.0912. The molecule has 0 aliphatic heterocycles. The average molecular weight is 280 g/mol. The predicted molar refractivity (Wildman–Crippen MR) is 80.4 cm³/mol. The summed E-state index contributed by atoms with van der Waals surface area (Å²) < 4.78 is 7.12. The maximum Gasteiger partial charge on any atom is 0.287 e. The van der Waals surface area contributed by atoms with Gasteiger partial charge in [0, 0.05) is 18.1 Å². The summed E-state index contributed by atoms with van der Waals surface area (Å²) in [6, 6.07) is 15.3. The third-order valence-electron chi connectivity index (χ3n) is 3.39. The zero-order valence-corrected chi connectivity index (χ0v) is 11.7. The molecule has 0 fully saturated rings. The minimum atomic E-state index is -0.206. The molecule has 0 bridgehead atoms. The molecule has 106 valence electrons. The van der Waals surface area contributed by atoms with Crippen LogP contribution >= 0.6 is 0 Å². The Morgan fingerprint density at radius 2 is 1.81 bits per heavy atom. The van der Waals surface area contributed by atoms with Gasteiger partial charge in [0.25, 0.3) is 5.91 Å². The molecule has 1 N–H and O–H groups in total. The van der Waals surface area contributed by atoms with Crippen molar-refractivity contribution in [1.82, 2.24) is 9.88 Å². The van der Waals surface area contributed by atoms with Gasteiger partial charge in [-0.3, -0.25) is 4.79 Å². The van der Waals surface area contributed by atoms with Gasteiger partial charge in [-0.2, -0.15) is 0 Å². The number of furan rings is 1. The molecule has 1 amide bonds. The Kier molecular flexibility index (Phi) is 3.60. The molecular weight excluding hydrogens is 264 g/mol. The molecule has 3 aromatic rings. The number of nitrogens with zero attached hydrogens (tertiary/aromatic N) is 1. The topological polar surface area (TPSA) is 47.2 Å². The highest BCUT2D eigenvalue weighted by molar-refractivity contribution is 5.91. The molecule has 0 saturated heterocycles. The third-order valence-corrected chi connectivity index (χ3v) is 3.39. The molecule has 4 heteroatoms. The van der Waals surface area contributed by atoms with Crippen molar-refractivity contribution >= 4 is 5.91 Å². The second-order valence-corrected chi connectivity index (χ2v) is 4.85. The van der Waals surface area contributed by atoms with Crippen molar-refractivity contribution in [2.45, 2.75) is 13.0 Å². The summed E-state index contributed by atoms with van der Waals surface area (Å²) in [5.41, 5.74) is 2.14. The summed E-state index contributed by atoms with van der Waals surface area (Å²) >= 11 is 0. The minimum Gasteiger partial charge on any atom is -0.459 e. The van der Waals surface area contributed by atoms with Crippen LogP contribution in [0.5, 0.6) is 0 Å². The van der Waals surface area contributed by atoms with Gasteiger partial charge in [0.15, 0.2) is 5.76 Å². The van der Waals surface area contributed by atoms with Crippen molar-refractivity contribution in [2.24, 2.45) is 0 Å². The van der Waals surface area contributed by atoms with Gasteiger partial charge in [0.05, 0.1) is 12.3 Å². The Hall–Kier alpha value is -2.75. The highest BCUT2D eigenvalue weighted by Gasteiger charge is 2.13. The van der Waals surface area contributed by atoms with Gasteiger partial charge in [-0.25, -0.2) is 0 Å². The van der Waals surface area contributed by atoms with Crippen molar-refractivity contribution in [3.63, 3.8) is 0 Å². The maximum absolute atomic E-state index is 11.9. The number of aromatic nitrogens is 1. The van der Waals surface area contributed by atoms with Crippen molar-refractivity contribution in [3.05, 3.63) is 78.5 Å². The monoisotopic (exact) mass is 280 g/mol. The Morgan fingerprint density at radius 1 is 1.10 bits per heavy atom. The van der Waals surface area contributed by atoms with Gasteiger partial charge in [0.2, 0.25) is 0 Å². The number of carbonyl (C=O) groups is 1. The van der Waals surface area contributed by atoms with Crippen LogP contribution in [0.15, 0.2) is 71.6 Å². The van der Waals surface area contributed by atoms with E-state index in [4.69, 9.17) is 4.42 Å². The highest BCUT2D eigenvalue weighted by Crippen LogP contribution is 2.16. The molecule has 0 aliphatic carbocycles. The van der Waals surface area contributed by atoms with Crippen LogP contribution in [0.1, 0.15) is 29.1 Å². The number of amides is 1. The normalized spacial score (nSPS) is 12.0. The zero-order chi connectivity index (χ0) is 14.7. The van der Waals surface area contributed by atoms with Crippen LogP contribution in [0.25, 0.3) is 5.69 Å². The van der Waals surface area contributed by atoms with E-state index >= 15 is 0 Å². The molecule has 0 unspecified atom stereocenters. The van der Waals surface area contributed by atoms with Crippen molar-refractivity contribution < 1.29 is 9.21 Å². The summed E-state index contributed by atoms with van der Waals surface area (Å²) in [5.74, 6) is 0.118. The van der Waals surface area contributed by atoms with E-state index in [9.17, 15) is 4.79 Å². The first-order valence-electron chi connectivity index (χ1n) is 6.82. The number of carbonyl (C=O) groups excluding carboxylic acids is 1. The van der Waals surface area contributed by atoms with E-state index in [1.807, 2.05) is 60.3 Å². The van der Waals surface area contributed by atoms with Crippen LogP contribution in [0.2, 0.25) is 0 Å². The van der Waals surface area contributed by atoms with Crippen LogP contribution in [-0.2, 0) is 0 Å². The van der Waals surface area contributed by atoms with E-state index in [1.165, 1.54) is 6.26 Å². The van der Waals surface area contributed by atoms with E-state index in [-0.39, 0.29) is 11.9 Å². The van der Waals surface area contributed by atoms with E-state index in [2.05, 4.69) is 5.32 Å². The molecule has 1 atom stereocenters. The summed E-state index contributed by atoms with van der Waals surface area (Å²) in [7, 11) is 0. The molecular formula is C17H16N2O2. The summed E-state index contributed by atoms with van der Waals surface area (Å²) in [5, 5.41) is 2.91. The molecule has 3 rings (SSSR count). The van der Waals surface area contributed by atoms with E-state index in [0.717, 1.165) is 11.3 Å². The molecule has 0 spiro atoms. The smallest absolute Gasteiger partial charge is 0.287 e. The fourth-order valence-corrected chi connectivity index (χ4v) is 2.20. The number of hydrogen-bond donors (Lipinski definition) is 1. The van der Waals surface area contributed by atoms with Crippen LogP contribution in [0.4, 0.5) is 0 Å². The number of nitrogens with one attached hydrogen (secondary N) is 1. The highest BCUT2D eigenvalue weighted by atomic mass is 16.3. The standard InChI is InChI=1S/C17H16N2O2/c1-13(18-17(20)16-5-4-12-21-16)14-6-8-15(9-7-14)19-10-2-3-11-19/h2-13H,1H3,(H,18,20)/t13-/m1/s1. The van der Waals surface area contributed by atoms with Crippen LogP contribution in [0.3, 0.4) is 0 Å². The van der Waals surface area contributed by atoms with Crippen LogP contribution in [-0.4, -0.2) is 10.5 Å². The molecule has 0 radical (unpaired) electrons. The molecule has 21 heavy (non-hydrogen) atoms. The Bertz CT molecular complexity index is 698. The predicted octanol–water partition coefficient (Wildman–Crippen LogP) is 3.56. The van der Waals surface area contributed by atoms with E-state index in [1.54, 1.807) is 12.1 Å². The first kappa shape index (κ1) is 13.2. The SMILES string of the molecule is C[C@@H](NC(=O)c1ccco1)c1ccc(-n2cccc2)cc1. The van der Waals surface area contributed by atoms with E-state index < -0.39 is 0 Å². The minimum absolute atomic E-state index is 0.0821. The lowest BCUT2D eigenvalue weighted by Gasteiger charge is -2.14. The molecule has 1 aromatic carbocycles. The fourth-order valence-electron chi connectivity index (χ4n) is 2.20. The molecule has 2 heterocycles. The summed E-state index contributed by atoms with van der Waals surface area (Å²) in [6.45, 7) is 1.95. The number of hydrogen-bond acceptors (Lipinski definition) is 2. The van der Waals surface area contributed by atoms with Gasteiger partial charge in [-0.15, -0.1) is 0 Å². The first-order chi connectivity index (χ1) is 10.2. The average Bonchev–Trinajstić information content (AvgIpc) is 3.20. The first-order valence-corrected chi connectivity index (χ1v) is 6.82. The zero-order valence-electron chi connectivity index (χ0n) is 11.7. The summed E-state index contributed by atoms with van der Waals surface area (Å²) in [6.07, 6.45) is 5.49. The second kappa shape index (κ2) is 5.71. The van der Waals surface area contributed by atoms with Crippen LogP contribution in [0, 0.1) is 0 Å². The van der Waals surface area contributed by atoms with Crippen molar-refractivity contribution in [2.75, 3.05) is 0 Å². The second-order valence-electron chi connectivity index (χ2n) is 4.85. The third kappa shape index (κ3) is 2.89. The Labute approximate surface area is 123 Å². The Balaban J connectivity index is 1.70. The number of rotatable bonds is 4. The Morgan fingerprint density at radius 3 is 2.43 bits per heavy atom. The fraction of sp³-hybridized carbons (Fsp3) is 0.118. The lowest BCUT2D eigenvalue weighted by atomic mass is 10.1. The maximum atomic E-state index is 11.9. The van der Waals surface area contributed by atoms with E-state index in [0.29, 0.717) is 5.76 Å². The van der Waals surface area contributed by atoms with Gasteiger partial charge in [-0.1, -0.05) is 12.1 Å².